The molecule has 4 nitrogen and oxygen atoms in total. The second kappa shape index (κ2) is 9.29. The quantitative estimate of drug-likeness (QED) is 0.626. The number of carboxylic acids is 1. The minimum atomic E-state index is -0.916. The first-order valence-electron chi connectivity index (χ1n) is 9.14. The van der Waals surface area contributed by atoms with Crippen LogP contribution < -0.4 is 0 Å². The van der Waals surface area contributed by atoms with Gasteiger partial charge < -0.3 is 9.84 Å². The summed E-state index contributed by atoms with van der Waals surface area (Å²) in [7, 11) is 0. The fourth-order valence-corrected chi connectivity index (χ4v) is 4.02. The Balaban J connectivity index is 2.80. The van der Waals surface area contributed by atoms with Gasteiger partial charge in [-0.25, -0.2) is 0 Å². The molecule has 0 unspecified atom stereocenters. The van der Waals surface area contributed by atoms with Gasteiger partial charge in [-0.2, -0.15) is 0 Å². The summed E-state index contributed by atoms with van der Waals surface area (Å²) >= 11 is 0. The Morgan fingerprint density at radius 3 is 2.00 bits per heavy atom. The van der Waals surface area contributed by atoms with Gasteiger partial charge in [0.25, 0.3) is 0 Å². The van der Waals surface area contributed by atoms with Crippen molar-refractivity contribution in [3.63, 3.8) is 0 Å². The molecule has 134 valence electrons. The van der Waals surface area contributed by atoms with Crippen LogP contribution in [0.2, 0.25) is 0 Å². The molecule has 1 rings (SSSR count). The molecule has 1 aliphatic rings. The molecule has 4 heteroatoms. The lowest BCUT2D eigenvalue weighted by molar-refractivity contribution is -0.165. The zero-order valence-corrected chi connectivity index (χ0v) is 15.3. The molecule has 1 saturated carbocycles. The van der Waals surface area contributed by atoms with Crippen molar-refractivity contribution in [2.75, 3.05) is 6.61 Å². The molecular weight excluding hydrogens is 292 g/mol. The van der Waals surface area contributed by atoms with Crippen LogP contribution in [-0.4, -0.2) is 23.7 Å². The van der Waals surface area contributed by atoms with Crippen LogP contribution >= 0.6 is 0 Å². The predicted molar refractivity (Wildman–Crippen MR) is 91.1 cm³/mol. The molecule has 0 aromatic carbocycles. The summed E-state index contributed by atoms with van der Waals surface area (Å²) in [6, 6.07) is 0. The molecule has 0 aliphatic heterocycles. The van der Waals surface area contributed by atoms with Crippen LogP contribution in [0.4, 0.5) is 0 Å². The third-order valence-corrected chi connectivity index (χ3v) is 4.70. The van der Waals surface area contributed by atoms with Crippen LogP contribution in [0.15, 0.2) is 0 Å². The third-order valence-electron chi connectivity index (χ3n) is 4.70. The summed E-state index contributed by atoms with van der Waals surface area (Å²) < 4.78 is 5.65. The smallest absolute Gasteiger partial charge is 0.312 e. The van der Waals surface area contributed by atoms with E-state index in [1.807, 2.05) is 27.7 Å². The Hall–Kier alpha value is -1.06. The summed E-state index contributed by atoms with van der Waals surface area (Å²) in [4.78, 5) is 24.2. The second-order valence-corrected chi connectivity index (χ2v) is 8.15. The SMILES string of the molecule is CC(C)CC(CC(=O)O)(CC(C)C)C(=O)OCC1CCCCC1. The third kappa shape index (κ3) is 6.92. The van der Waals surface area contributed by atoms with E-state index >= 15 is 0 Å². The van der Waals surface area contributed by atoms with Crippen LogP contribution in [0.25, 0.3) is 0 Å². The Bertz CT molecular complexity index is 371. The van der Waals surface area contributed by atoms with Gasteiger partial charge in [-0.3, -0.25) is 9.59 Å². The maximum Gasteiger partial charge on any atom is 0.312 e. The number of carbonyl (C=O) groups excluding carboxylic acids is 1. The molecule has 0 atom stereocenters. The standard InChI is InChI=1S/C19H34O4/c1-14(2)10-19(11-15(3)4,12-17(20)21)18(22)23-13-16-8-6-5-7-9-16/h14-16H,5-13H2,1-4H3,(H,20,21). The molecule has 0 radical (unpaired) electrons. The first-order valence-corrected chi connectivity index (χ1v) is 9.14. The fraction of sp³-hybridized carbons (Fsp3) is 0.895. The van der Waals surface area contributed by atoms with Crippen LogP contribution in [-0.2, 0) is 14.3 Å². The number of carbonyl (C=O) groups is 2. The topological polar surface area (TPSA) is 63.6 Å². The van der Waals surface area contributed by atoms with Crippen molar-refractivity contribution < 1.29 is 19.4 Å². The number of hydrogen-bond donors (Lipinski definition) is 1. The first kappa shape index (κ1) is 20.0. The number of carboxylic acid groups (broad SMARTS) is 1. The summed E-state index contributed by atoms with van der Waals surface area (Å²) in [5, 5.41) is 9.33. The maximum atomic E-state index is 12.8. The molecule has 0 amide bonds. The number of aliphatic carboxylic acids is 1. The molecule has 1 aliphatic carbocycles. The molecule has 0 spiro atoms. The van der Waals surface area contributed by atoms with E-state index in [9.17, 15) is 14.7 Å². The van der Waals surface area contributed by atoms with Crippen molar-refractivity contribution in [1.29, 1.82) is 0 Å². The lowest BCUT2D eigenvalue weighted by Gasteiger charge is -2.34. The lowest BCUT2D eigenvalue weighted by Crippen LogP contribution is -2.39. The van der Waals surface area contributed by atoms with Gasteiger partial charge in [0, 0.05) is 0 Å². The van der Waals surface area contributed by atoms with E-state index in [1.54, 1.807) is 0 Å². The minimum Gasteiger partial charge on any atom is -0.481 e. The summed E-state index contributed by atoms with van der Waals surface area (Å²) in [5.41, 5.74) is -0.886. The van der Waals surface area contributed by atoms with Gasteiger partial charge in [-0.05, 0) is 43.4 Å². The van der Waals surface area contributed by atoms with Gasteiger partial charge in [-0.1, -0.05) is 47.0 Å². The van der Waals surface area contributed by atoms with Gasteiger partial charge in [0.1, 0.15) is 0 Å². The van der Waals surface area contributed by atoms with Crippen molar-refractivity contribution in [3.05, 3.63) is 0 Å². The molecule has 0 saturated heterocycles. The van der Waals surface area contributed by atoms with E-state index in [2.05, 4.69) is 0 Å². The Labute approximate surface area is 141 Å². The number of ether oxygens (including phenoxy) is 1. The molecular formula is C19H34O4. The van der Waals surface area contributed by atoms with E-state index in [4.69, 9.17) is 4.74 Å². The van der Waals surface area contributed by atoms with Crippen molar-refractivity contribution in [2.45, 2.75) is 79.1 Å². The first-order chi connectivity index (χ1) is 10.7. The van der Waals surface area contributed by atoms with Crippen LogP contribution in [0.3, 0.4) is 0 Å². The zero-order valence-electron chi connectivity index (χ0n) is 15.3. The monoisotopic (exact) mass is 326 g/mol. The van der Waals surface area contributed by atoms with Crippen LogP contribution in [0, 0.1) is 23.2 Å². The van der Waals surface area contributed by atoms with Crippen molar-refractivity contribution in [3.8, 4) is 0 Å². The largest absolute Gasteiger partial charge is 0.481 e. The van der Waals surface area contributed by atoms with Crippen LogP contribution in [0.5, 0.6) is 0 Å². The molecule has 0 heterocycles. The zero-order chi connectivity index (χ0) is 17.5. The van der Waals surface area contributed by atoms with Crippen molar-refractivity contribution in [2.24, 2.45) is 23.2 Å². The van der Waals surface area contributed by atoms with Crippen LogP contribution in [0.1, 0.15) is 79.1 Å². The highest BCUT2D eigenvalue weighted by molar-refractivity contribution is 5.82. The molecule has 0 bridgehead atoms. The average Bonchev–Trinajstić information content (AvgIpc) is 2.43. The van der Waals surface area contributed by atoms with E-state index in [0.29, 0.717) is 25.4 Å². The second-order valence-electron chi connectivity index (χ2n) is 8.15. The van der Waals surface area contributed by atoms with E-state index in [0.717, 1.165) is 12.8 Å². The predicted octanol–water partition coefficient (Wildman–Crippen LogP) is 4.66. The van der Waals surface area contributed by atoms with Gasteiger partial charge in [0.2, 0.25) is 0 Å². The van der Waals surface area contributed by atoms with Crippen molar-refractivity contribution >= 4 is 11.9 Å². The highest BCUT2D eigenvalue weighted by atomic mass is 16.5. The normalized spacial score (nSPS) is 16.8. The molecule has 23 heavy (non-hydrogen) atoms. The summed E-state index contributed by atoms with van der Waals surface area (Å²) in [6.45, 7) is 8.59. The summed E-state index contributed by atoms with van der Waals surface area (Å²) in [5.74, 6) is -0.243. The molecule has 0 aromatic rings. The Morgan fingerprint density at radius 2 is 1.57 bits per heavy atom. The van der Waals surface area contributed by atoms with Gasteiger partial charge in [-0.15, -0.1) is 0 Å². The van der Waals surface area contributed by atoms with E-state index < -0.39 is 11.4 Å². The summed E-state index contributed by atoms with van der Waals surface area (Å²) in [6.07, 6.45) is 6.94. The maximum absolute atomic E-state index is 12.8. The highest BCUT2D eigenvalue weighted by Crippen LogP contribution is 2.39. The number of rotatable bonds is 9. The average molecular weight is 326 g/mol. The van der Waals surface area contributed by atoms with Gasteiger partial charge in [0.05, 0.1) is 18.4 Å². The number of esters is 1. The fourth-order valence-electron chi connectivity index (χ4n) is 4.02. The highest BCUT2D eigenvalue weighted by Gasteiger charge is 2.43. The lowest BCUT2D eigenvalue weighted by atomic mass is 9.72. The molecule has 0 aromatic heterocycles. The Kier molecular flexibility index (Phi) is 8.07. The Morgan fingerprint density at radius 1 is 1.04 bits per heavy atom. The van der Waals surface area contributed by atoms with Gasteiger partial charge >= 0.3 is 11.9 Å². The molecule has 1 N–H and O–H groups in total. The minimum absolute atomic E-state index is 0.132. The van der Waals surface area contributed by atoms with Gasteiger partial charge in [0.15, 0.2) is 0 Å². The van der Waals surface area contributed by atoms with E-state index in [1.165, 1.54) is 19.3 Å². The van der Waals surface area contributed by atoms with Crippen molar-refractivity contribution in [1.82, 2.24) is 0 Å². The number of hydrogen-bond acceptors (Lipinski definition) is 3. The van der Waals surface area contributed by atoms with E-state index in [-0.39, 0.29) is 24.2 Å². The molecule has 1 fully saturated rings.